The van der Waals surface area contributed by atoms with Crippen molar-refractivity contribution in [3.8, 4) is 0 Å². The van der Waals surface area contributed by atoms with Crippen LogP contribution < -0.4 is 0 Å². The molecule has 0 radical (unpaired) electrons. The van der Waals surface area contributed by atoms with Crippen molar-refractivity contribution in [1.29, 1.82) is 0 Å². The third kappa shape index (κ3) is 3.34. The van der Waals surface area contributed by atoms with Gasteiger partial charge in [0.25, 0.3) is 0 Å². The molecule has 0 heteroatoms. The minimum Gasteiger partial charge on any atom is -0.0764 e. The second kappa shape index (κ2) is 7.51. The van der Waals surface area contributed by atoms with E-state index in [1.54, 1.807) is 39.0 Å². The van der Waals surface area contributed by atoms with Crippen molar-refractivity contribution in [3.05, 3.63) is 92.7 Å². The molecule has 0 aromatic heterocycles. The van der Waals surface area contributed by atoms with Gasteiger partial charge in [0.2, 0.25) is 0 Å². The van der Waals surface area contributed by atoms with Crippen molar-refractivity contribution >= 4 is 0 Å². The molecule has 0 saturated heterocycles. The molecule has 0 spiro atoms. The zero-order chi connectivity index (χ0) is 21.9. The highest BCUT2D eigenvalue weighted by Gasteiger charge is 2.39. The van der Waals surface area contributed by atoms with Gasteiger partial charge in [-0.05, 0) is 94.9 Å². The Hall–Kier alpha value is -2.08. The number of allylic oxidation sites excluding steroid dienone is 16. The Balaban J connectivity index is 1.63. The highest BCUT2D eigenvalue weighted by Crippen LogP contribution is 2.53. The third-order valence-electron chi connectivity index (χ3n) is 8.38. The summed E-state index contributed by atoms with van der Waals surface area (Å²) >= 11 is 0. The summed E-state index contributed by atoms with van der Waals surface area (Å²) in [7, 11) is 0. The standard InChI is InChI=1S/C31H38/c1-7-20-15-25(16-21(8-2)19(20)3)27-13-11-22-9-10-23-17-26(31(4,5)6)18-24-12-14-28(27)30(22)29(23)24/h9-10,12,14-15,17-18,21,23,29H,7-8,11,13,16H2,1-6H3. The van der Waals surface area contributed by atoms with Crippen molar-refractivity contribution < 1.29 is 0 Å². The lowest BCUT2D eigenvalue weighted by Gasteiger charge is -2.42. The average molecular weight is 411 g/mol. The molecule has 0 heterocycles. The molecule has 3 unspecified atom stereocenters. The maximum absolute atomic E-state index is 2.56. The van der Waals surface area contributed by atoms with Gasteiger partial charge in [-0.15, -0.1) is 0 Å². The Bertz CT molecular complexity index is 1060. The van der Waals surface area contributed by atoms with E-state index in [-0.39, 0.29) is 5.41 Å². The van der Waals surface area contributed by atoms with Gasteiger partial charge in [0.15, 0.2) is 0 Å². The van der Waals surface area contributed by atoms with Crippen molar-refractivity contribution in [3.63, 3.8) is 0 Å². The van der Waals surface area contributed by atoms with E-state index in [2.05, 4.69) is 84.1 Å². The first kappa shape index (κ1) is 20.8. The van der Waals surface area contributed by atoms with Crippen LogP contribution in [0.15, 0.2) is 92.7 Å². The molecule has 0 aliphatic heterocycles. The van der Waals surface area contributed by atoms with Gasteiger partial charge in [0, 0.05) is 11.8 Å². The largest absolute Gasteiger partial charge is 0.0764 e. The molecule has 162 valence electrons. The fourth-order valence-electron chi connectivity index (χ4n) is 6.43. The second-order valence-corrected chi connectivity index (χ2v) is 11.1. The van der Waals surface area contributed by atoms with Crippen LogP contribution in [-0.2, 0) is 0 Å². The lowest BCUT2D eigenvalue weighted by atomic mass is 9.62. The minimum atomic E-state index is 0.199. The van der Waals surface area contributed by atoms with E-state index >= 15 is 0 Å². The summed E-state index contributed by atoms with van der Waals surface area (Å²) in [6.07, 6.45) is 23.5. The van der Waals surface area contributed by atoms with E-state index in [0.717, 1.165) is 6.42 Å². The Morgan fingerprint density at radius 2 is 1.81 bits per heavy atom. The zero-order valence-corrected chi connectivity index (χ0v) is 20.3. The molecule has 31 heavy (non-hydrogen) atoms. The molecular weight excluding hydrogens is 372 g/mol. The molecule has 0 bridgehead atoms. The van der Waals surface area contributed by atoms with E-state index in [4.69, 9.17) is 0 Å². The SMILES string of the molecule is CCC1=C(C)C(CC)CC(C2=C3C=CC4=CC(C(C)(C)C)=CC5C=CC(=C3C45)CC2)=C1. The summed E-state index contributed by atoms with van der Waals surface area (Å²) in [5, 5.41) is 0. The van der Waals surface area contributed by atoms with Gasteiger partial charge in [-0.3, -0.25) is 0 Å². The molecule has 0 aromatic rings. The van der Waals surface area contributed by atoms with Crippen LogP contribution in [0.3, 0.4) is 0 Å². The van der Waals surface area contributed by atoms with Crippen molar-refractivity contribution in [1.82, 2.24) is 0 Å². The predicted octanol–water partition coefficient (Wildman–Crippen LogP) is 8.74. The first-order valence-electron chi connectivity index (χ1n) is 12.5. The topological polar surface area (TPSA) is 0 Å². The molecule has 5 rings (SSSR count). The van der Waals surface area contributed by atoms with Gasteiger partial charge < -0.3 is 0 Å². The summed E-state index contributed by atoms with van der Waals surface area (Å²) < 4.78 is 0. The van der Waals surface area contributed by atoms with Gasteiger partial charge in [0.05, 0.1) is 0 Å². The smallest absolute Gasteiger partial charge is 0.0196 e. The van der Waals surface area contributed by atoms with Crippen LogP contribution in [0.2, 0.25) is 0 Å². The summed E-state index contributed by atoms with van der Waals surface area (Å²) in [6.45, 7) is 14.1. The van der Waals surface area contributed by atoms with Gasteiger partial charge in [-0.25, -0.2) is 0 Å². The van der Waals surface area contributed by atoms with Crippen LogP contribution in [0.5, 0.6) is 0 Å². The first-order chi connectivity index (χ1) is 14.8. The average Bonchev–Trinajstić information content (AvgIpc) is 2.76. The lowest BCUT2D eigenvalue weighted by Crippen LogP contribution is -2.29. The van der Waals surface area contributed by atoms with Gasteiger partial charge in [-0.2, -0.15) is 0 Å². The molecule has 3 atom stereocenters. The number of hydrogen-bond donors (Lipinski definition) is 0. The molecule has 0 amide bonds. The molecule has 0 N–H and O–H groups in total. The molecule has 0 aromatic carbocycles. The predicted molar refractivity (Wildman–Crippen MR) is 134 cm³/mol. The number of hydrogen-bond acceptors (Lipinski definition) is 0. The molecule has 0 fully saturated rings. The van der Waals surface area contributed by atoms with E-state index in [1.807, 2.05) is 0 Å². The van der Waals surface area contributed by atoms with E-state index in [0.29, 0.717) is 17.8 Å². The van der Waals surface area contributed by atoms with Gasteiger partial charge in [-0.1, -0.05) is 82.7 Å². The molecule has 0 nitrogen and oxygen atoms in total. The minimum absolute atomic E-state index is 0.199. The van der Waals surface area contributed by atoms with Crippen LogP contribution in [0, 0.1) is 23.2 Å². The molecule has 5 aliphatic rings. The van der Waals surface area contributed by atoms with E-state index < -0.39 is 0 Å². The van der Waals surface area contributed by atoms with Crippen molar-refractivity contribution in [2.75, 3.05) is 0 Å². The van der Waals surface area contributed by atoms with Crippen LogP contribution in [0.4, 0.5) is 0 Å². The highest BCUT2D eigenvalue weighted by atomic mass is 14.4. The first-order valence-corrected chi connectivity index (χ1v) is 12.5. The van der Waals surface area contributed by atoms with Crippen LogP contribution in [0.25, 0.3) is 0 Å². The van der Waals surface area contributed by atoms with E-state index in [1.165, 1.54) is 36.8 Å². The van der Waals surface area contributed by atoms with Crippen molar-refractivity contribution in [2.45, 2.75) is 73.6 Å². The fourth-order valence-corrected chi connectivity index (χ4v) is 6.43. The summed E-state index contributed by atoms with van der Waals surface area (Å²) in [5.74, 6) is 1.74. The normalized spacial score (nSPS) is 29.7. The van der Waals surface area contributed by atoms with Gasteiger partial charge in [0.1, 0.15) is 0 Å². The monoisotopic (exact) mass is 410 g/mol. The quantitative estimate of drug-likeness (QED) is 0.436. The molecular formula is C31H38. The summed E-state index contributed by atoms with van der Waals surface area (Å²) in [5.41, 5.74) is 14.5. The molecule has 5 aliphatic carbocycles. The van der Waals surface area contributed by atoms with Crippen LogP contribution >= 0.6 is 0 Å². The zero-order valence-electron chi connectivity index (χ0n) is 20.3. The summed E-state index contributed by atoms with van der Waals surface area (Å²) in [4.78, 5) is 0. The Kier molecular flexibility index (Phi) is 5.04. The number of rotatable bonds is 3. The molecule has 0 saturated carbocycles. The maximum atomic E-state index is 2.56. The second-order valence-electron chi connectivity index (χ2n) is 11.1. The van der Waals surface area contributed by atoms with E-state index in [9.17, 15) is 0 Å². The van der Waals surface area contributed by atoms with Crippen LogP contribution in [0.1, 0.15) is 73.6 Å². The third-order valence-corrected chi connectivity index (χ3v) is 8.38. The van der Waals surface area contributed by atoms with Crippen molar-refractivity contribution in [2.24, 2.45) is 23.2 Å². The van der Waals surface area contributed by atoms with Crippen LogP contribution in [-0.4, -0.2) is 0 Å². The highest BCUT2D eigenvalue weighted by molar-refractivity contribution is 5.67. The Labute approximate surface area is 189 Å². The lowest BCUT2D eigenvalue weighted by molar-refractivity contribution is 0.489. The van der Waals surface area contributed by atoms with Gasteiger partial charge >= 0.3 is 0 Å². The maximum Gasteiger partial charge on any atom is 0.0196 e. The Morgan fingerprint density at radius 1 is 1.00 bits per heavy atom. The Morgan fingerprint density at radius 3 is 2.52 bits per heavy atom. The fraction of sp³-hybridized carbons (Fsp3) is 0.484. The summed E-state index contributed by atoms with van der Waals surface area (Å²) in [6, 6.07) is 0.